The maximum absolute atomic E-state index is 11.4. The van der Waals surface area contributed by atoms with Crippen molar-refractivity contribution < 1.29 is 14.7 Å². The summed E-state index contributed by atoms with van der Waals surface area (Å²) in [6, 6.07) is 6.25. The van der Waals surface area contributed by atoms with Crippen LogP contribution in [-0.2, 0) is 4.79 Å². The number of carbonyl (C=O) groups excluding carboxylic acids is 2. The fourth-order valence-corrected chi connectivity index (χ4v) is 1.35. The van der Waals surface area contributed by atoms with Crippen LogP contribution in [0.1, 0.15) is 23.2 Å². The van der Waals surface area contributed by atoms with Gasteiger partial charge in [0.25, 0.3) is 0 Å². The summed E-state index contributed by atoms with van der Waals surface area (Å²) in [5, 5.41) is 13.3. The van der Waals surface area contributed by atoms with Crippen LogP contribution in [0.5, 0.6) is 0 Å². The van der Waals surface area contributed by atoms with Gasteiger partial charge in [-0.05, 0) is 18.9 Å². The molecule has 1 N–H and O–H groups in total. The van der Waals surface area contributed by atoms with Gasteiger partial charge >= 0.3 is 0 Å². The van der Waals surface area contributed by atoms with E-state index in [1.165, 1.54) is 6.07 Å². The summed E-state index contributed by atoms with van der Waals surface area (Å²) in [6.07, 6.45) is 1.78. The highest BCUT2D eigenvalue weighted by Gasteiger charge is 2.29. The summed E-state index contributed by atoms with van der Waals surface area (Å²) in [7, 11) is 0. The summed E-state index contributed by atoms with van der Waals surface area (Å²) in [5.41, 5.74) is 0.334. The molecule has 0 aliphatic heterocycles. The fraction of sp³-hybridized carbons (Fsp3) is 0.273. The second-order valence-electron chi connectivity index (χ2n) is 3.60. The molecule has 1 aromatic carbocycles. The Morgan fingerprint density at radius 3 is 2.53 bits per heavy atom. The summed E-state index contributed by atoms with van der Waals surface area (Å²) in [5.74, 6) is -1.33. The van der Waals surface area contributed by atoms with Gasteiger partial charge in [-0.25, -0.2) is 0 Å². The van der Waals surface area contributed by atoms with Crippen molar-refractivity contribution in [1.29, 1.82) is 0 Å². The third kappa shape index (κ3) is 2.15. The lowest BCUT2D eigenvalue weighted by molar-refractivity contribution is -0.254. The lowest BCUT2D eigenvalue weighted by Crippen LogP contribution is -2.25. The SMILES string of the molecule is O=C([O-])c1ccccc1NC(=O)C1CC1. The molecule has 0 spiro atoms. The normalized spacial score (nSPS) is 14.7. The highest BCUT2D eigenvalue weighted by Crippen LogP contribution is 2.30. The number of rotatable bonds is 3. The van der Waals surface area contributed by atoms with Crippen LogP contribution in [0.25, 0.3) is 0 Å². The third-order valence-electron chi connectivity index (χ3n) is 2.35. The molecule has 1 fully saturated rings. The van der Waals surface area contributed by atoms with E-state index in [-0.39, 0.29) is 17.4 Å². The Kier molecular flexibility index (Phi) is 2.41. The number of benzene rings is 1. The van der Waals surface area contributed by atoms with Gasteiger partial charge < -0.3 is 15.2 Å². The molecular weight excluding hydrogens is 194 g/mol. The molecule has 4 heteroatoms. The molecule has 0 unspecified atom stereocenters. The Hall–Kier alpha value is -1.84. The zero-order valence-corrected chi connectivity index (χ0v) is 8.03. The Balaban J connectivity index is 2.19. The molecular formula is C11H10NO3-. The van der Waals surface area contributed by atoms with Gasteiger partial charge in [0, 0.05) is 17.2 Å². The monoisotopic (exact) mass is 204 g/mol. The van der Waals surface area contributed by atoms with E-state index in [1.807, 2.05) is 0 Å². The van der Waals surface area contributed by atoms with Crippen molar-refractivity contribution in [2.75, 3.05) is 5.32 Å². The second-order valence-corrected chi connectivity index (χ2v) is 3.60. The number of carboxylic acid groups (broad SMARTS) is 1. The van der Waals surface area contributed by atoms with Gasteiger partial charge in [0.1, 0.15) is 0 Å². The van der Waals surface area contributed by atoms with Gasteiger partial charge in [-0.1, -0.05) is 18.2 Å². The number of amides is 1. The van der Waals surface area contributed by atoms with Crippen molar-refractivity contribution in [1.82, 2.24) is 0 Å². The molecule has 78 valence electrons. The minimum Gasteiger partial charge on any atom is -0.545 e. The summed E-state index contributed by atoms with van der Waals surface area (Å²) in [4.78, 5) is 22.2. The molecule has 1 amide bonds. The molecule has 1 saturated carbocycles. The summed E-state index contributed by atoms with van der Waals surface area (Å²) >= 11 is 0. The summed E-state index contributed by atoms with van der Waals surface area (Å²) < 4.78 is 0. The molecule has 0 aromatic heterocycles. The van der Waals surface area contributed by atoms with Crippen LogP contribution in [0.4, 0.5) is 5.69 Å². The first-order valence-electron chi connectivity index (χ1n) is 4.79. The first-order valence-corrected chi connectivity index (χ1v) is 4.79. The zero-order valence-electron chi connectivity index (χ0n) is 8.03. The molecule has 0 bridgehead atoms. The predicted octanol–water partition coefficient (Wildman–Crippen LogP) is 0.399. The highest BCUT2D eigenvalue weighted by molar-refractivity contribution is 6.01. The van der Waals surface area contributed by atoms with Crippen LogP contribution in [0.3, 0.4) is 0 Å². The Morgan fingerprint density at radius 2 is 1.93 bits per heavy atom. The first-order chi connectivity index (χ1) is 7.18. The third-order valence-corrected chi connectivity index (χ3v) is 2.35. The van der Waals surface area contributed by atoms with Crippen molar-refractivity contribution in [3.05, 3.63) is 29.8 Å². The lowest BCUT2D eigenvalue weighted by Gasteiger charge is -2.10. The van der Waals surface area contributed by atoms with E-state index < -0.39 is 5.97 Å². The van der Waals surface area contributed by atoms with Crippen molar-refractivity contribution in [2.24, 2.45) is 5.92 Å². The van der Waals surface area contributed by atoms with E-state index >= 15 is 0 Å². The van der Waals surface area contributed by atoms with E-state index in [1.54, 1.807) is 18.2 Å². The summed E-state index contributed by atoms with van der Waals surface area (Å²) in [6.45, 7) is 0. The number of hydrogen-bond donors (Lipinski definition) is 1. The lowest BCUT2D eigenvalue weighted by atomic mass is 10.1. The van der Waals surface area contributed by atoms with Gasteiger partial charge in [0.05, 0.1) is 5.97 Å². The van der Waals surface area contributed by atoms with Crippen LogP contribution in [-0.4, -0.2) is 11.9 Å². The average molecular weight is 204 g/mol. The van der Waals surface area contributed by atoms with E-state index in [4.69, 9.17) is 0 Å². The Bertz CT molecular complexity index is 410. The van der Waals surface area contributed by atoms with Gasteiger partial charge in [-0.2, -0.15) is 0 Å². The Morgan fingerprint density at radius 1 is 1.27 bits per heavy atom. The fourth-order valence-electron chi connectivity index (χ4n) is 1.35. The molecule has 0 saturated heterocycles. The molecule has 0 atom stereocenters. The minimum atomic E-state index is -1.28. The van der Waals surface area contributed by atoms with Crippen LogP contribution in [0, 0.1) is 5.92 Å². The van der Waals surface area contributed by atoms with E-state index in [2.05, 4.69) is 5.32 Å². The Labute approximate surface area is 86.9 Å². The number of carbonyl (C=O) groups is 2. The van der Waals surface area contributed by atoms with Crippen molar-refractivity contribution in [3.8, 4) is 0 Å². The molecule has 0 heterocycles. The molecule has 1 aliphatic rings. The van der Waals surface area contributed by atoms with Gasteiger partial charge in [0.2, 0.25) is 5.91 Å². The number of hydrogen-bond acceptors (Lipinski definition) is 3. The van der Waals surface area contributed by atoms with Gasteiger partial charge in [-0.15, -0.1) is 0 Å². The van der Waals surface area contributed by atoms with Crippen LogP contribution in [0.15, 0.2) is 24.3 Å². The maximum Gasteiger partial charge on any atom is 0.227 e. The standard InChI is InChI=1S/C11H11NO3/c13-10(7-5-6-7)12-9-4-2-1-3-8(9)11(14)15/h1-4,7H,5-6H2,(H,12,13)(H,14,15)/p-1. The predicted molar refractivity (Wildman–Crippen MR) is 52.1 cm³/mol. The van der Waals surface area contributed by atoms with E-state index in [9.17, 15) is 14.7 Å². The second kappa shape index (κ2) is 3.73. The quantitative estimate of drug-likeness (QED) is 0.774. The van der Waals surface area contributed by atoms with Crippen molar-refractivity contribution >= 4 is 17.6 Å². The van der Waals surface area contributed by atoms with Crippen LogP contribution >= 0.6 is 0 Å². The van der Waals surface area contributed by atoms with Gasteiger partial charge in [0.15, 0.2) is 0 Å². The van der Waals surface area contributed by atoms with Crippen LogP contribution < -0.4 is 10.4 Å². The number of para-hydroxylation sites is 1. The largest absolute Gasteiger partial charge is 0.545 e. The molecule has 4 nitrogen and oxygen atoms in total. The minimum absolute atomic E-state index is 0.0199. The number of anilines is 1. The highest BCUT2D eigenvalue weighted by atomic mass is 16.4. The van der Waals surface area contributed by atoms with Crippen molar-refractivity contribution in [3.63, 3.8) is 0 Å². The molecule has 0 radical (unpaired) electrons. The van der Waals surface area contributed by atoms with E-state index in [0.717, 1.165) is 12.8 Å². The van der Waals surface area contributed by atoms with E-state index in [0.29, 0.717) is 5.69 Å². The number of carboxylic acids is 1. The molecule has 2 rings (SSSR count). The average Bonchev–Trinajstić information content (AvgIpc) is 3.01. The topological polar surface area (TPSA) is 69.2 Å². The number of nitrogens with one attached hydrogen (secondary N) is 1. The van der Waals surface area contributed by atoms with Crippen LogP contribution in [0.2, 0.25) is 0 Å². The molecule has 1 aromatic rings. The zero-order chi connectivity index (χ0) is 10.8. The molecule has 1 aliphatic carbocycles. The smallest absolute Gasteiger partial charge is 0.227 e. The molecule has 15 heavy (non-hydrogen) atoms. The first kappa shape index (κ1) is 9.71. The van der Waals surface area contributed by atoms with Gasteiger partial charge in [-0.3, -0.25) is 4.79 Å². The number of aromatic carboxylic acids is 1. The van der Waals surface area contributed by atoms with Crippen molar-refractivity contribution in [2.45, 2.75) is 12.8 Å². The maximum atomic E-state index is 11.4.